The van der Waals surface area contributed by atoms with Gasteiger partial charge in [0.25, 0.3) is 0 Å². The van der Waals surface area contributed by atoms with Crippen LogP contribution < -0.4 is 31.6 Å². The van der Waals surface area contributed by atoms with E-state index in [0.29, 0.717) is 28.6 Å². The smallest absolute Gasteiger partial charge is 0.145 e. The number of hydrogen-bond donors (Lipinski definition) is 3. The predicted octanol–water partition coefficient (Wildman–Crippen LogP) is 3.92. The monoisotopic (exact) mass is 350 g/mol. The number of nitrogen functional groups attached to an aromatic ring is 3. The fraction of sp³-hybridized carbons (Fsp3) is 0.100. The molecular weight excluding hydrogens is 328 g/mol. The highest BCUT2D eigenvalue weighted by Gasteiger charge is 2.19. The number of methoxy groups -OCH3 is 2. The number of nitrogens with two attached hydrogens (primary N) is 3. The second-order valence-electron chi connectivity index (χ2n) is 5.78. The Hall–Kier alpha value is -3.54. The fourth-order valence-corrected chi connectivity index (χ4v) is 2.75. The Balaban J connectivity index is 2.23. The molecular formula is C20H22N4O2. The van der Waals surface area contributed by atoms with Gasteiger partial charge in [0, 0.05) is 34.9 Å². The van der Waals surface area contributed by atoms with Crippen LogP contribution in [0.25, 0.3) is 0 Å². The number of nitrogens with zero attached hydrogens (tertiary/aromatic N) is 1. The van der Waals surface area contributed by atoms with Gasteiger partial charge in [-0.15, -0.1) is 0 Å². The molecule has 0 amide bonds. The van der Waals surface area contributed by atoms with Gasteiger partial charge in [0.15, 0.2) is 0 Å². The van der Waals surface area contributed by atoms with E-state index in [0.717, 1.165) is 17.1 Å². The first-order valence-electron chi connectivity index (χ1n) is 8.06. The van der Waals surface area contributed by atoms with Crippen molar-refractivity contribution in [2.24, 2.45) is 0 Å². The molecule has 0 heterocycles. The van der Waals surface area contributed by atoms with Crippen molar-refractivity contribution in [1.29, 1.82) is 0 Å². The summed E-state index contributed by atoms with van der Waals surface area (Å²) in [6.45, 7) is 0. The lowest BCUT2D eigenvalue weighted by atomic mass is 10.1. The molecule has 3 aromatic carbocycles. The molecule has 0 aliphatic carbocycles. The van der Waals surface area contributed by atoms with Gasteiger partial charge in [-0.2, -0.15) is 0 Å². The van der Waals surface area contributed by atoms with Crippen LogP contribution in [0.3, 0.4) is 0 Å². The second-order valence-corrected chi connectivity index (χ2v) is 5.78. The van der Waals surface area contributed by atoms with Crippen molar-refractivity contribution >= 4 is 34.1 Å². The van der Waals surface area contributed by atoms with Gasteiger partial charge >= 0.3 is 0 Å². The van der Waals surface area contributed by atoms with Crippen LogP contribution in [0.4, 0.5) is 34.1 Å². The van der Waals surface area contributed by atoms with Gasteiger partial charge in [-0.05, 0) is 48.5 Å². The van der Waals surface area contributed by atoms with Gasteiger partial charge in [-0.25, -0.2) is 0 Å². The summed E-state index contributed by atoms with van der Waals surface area (Å²) < 4.78 is 11.0. The van der Waals surface area contributed by atoms with Crippen LogP contribution in [0.15, 0.2) is 60.7 Å². The van der Waals surface area contributed by atoms with Crippen molar-refractivity contribution in [1.82, 2.24) is 0 Å². The summed E-state index contributed by atoms with van der Waals surface area (Å²) in [5.74, 6) is 1.19. The maximum absolute atomic E-state index is 6.04. The molecule has 0 atom stereocenters. The Morgan fingerprint density at radius 2 is 1.12 bits per heavy atom. The highest BCUT2D eigenvalue weighted by Crippen LogP contribution is 2.44. The van der Waals surface area contributed by atoms with E-state index >= 15 is 0 Å². The Bertz CT molecular complexity index is 847. The third-order valence-electron chi connectivity index (χ3n) is 4.07. The molecule has 134 valence electrons. The van der Waals surface area contributed by atoms with Crippen LogP contribution in [0.5, 0.6) is 11.5 Å². The Morgan fingerprint density at radius 3 is 1.54 bits per heavy atom. The quantitative estimate of drug-likeness (QED) is 0.603. The fourth-order valence-electron chi connectivity index (χ4n) is 2.75. The summed E-state index contributed by atoms with van der Waals surface area (Å²) in [7, 11) is 3.19. The molecule has 6 N–H and O–H groups in total. The van der Waals surface area contributed by atoms with Crippen molar-refractivity contribution in [2.75, 3.05) is 36.3 Å². The van der Waals surface area contributed by atoms with E-state index in [4.69, 9.17) is 26.7 Å². The summed E-state index contributed by atoms with van der Waals surface area (Å²) in [4.78, 5) is 2.03. The second kappa shape index (κ2) is 7.14. The standard InChI is InChI=1S/C20H22N4O2/c1-25-19-12-18(20(26-2)11-17(19)23)24(15-7-3-13(21)4-8-15)16-9-5-14(22)6-10-16/h3-12H,21-23H2,1-2H3. The van der Waals surface area contributed by atoms with Crippen LogP contribution in [-0.4, -0.2) is 14.2 Å². The molecule has 0 spiro atoms. The van der Waals surface area contributed by atoms with E-state index < -0.39 is 0 Å². The molecule has 0 aromatic heterocycles. The number of benzene rings is 3. The van der Waals surface area contributed by atoms with Crippen molar-refractivity contribution in [2.45, 2.75) is 0 Å². The topological polar surface area (TPSA) is 99.8 Å². The maximum atomic E-state index is 6.04. The third-order valence-corrected chi connectivity index (χ3v) is 4.07. The molecule has 0 fully saturated rings. The molecule has 3 rings (SSSR count). The molecule has 0 bridgehead atoms. The van der Waals surface area contributed by atoms with Gasteiger partial charge < -0.3 is 31.6 Å². The Kier molecular flexibility index (Phi) is 4.75. The minimum atomic E-state index is 0.502. The van der Waals surface area contributed by atoms with Crippen LogP contribution >= 0.6 is 0 Å². The van der Waals surface area contributed by atoms with Crippen molar-refractivity contribution in [3.8, 4) is 11.5 Å². The van der Waals surface area contributed by atoms with Gasteiger partial charge in [0.1, 0.15) is 11.5 Å². The predicted molar refractivity (Wildman–Crippen MR) is 107 cm³/mol. The van der Waals surface area contributed by atoms with Crippen LogP contribution in [0.2, 0.25) is 0 Å². The highest BCUT2D eigenvalue weighted by molar-refractivity contribution is 5.83. The summed E-state index contributed by atoms with van der Waals surface area (Å²) in [5.41, 5.74) is 22.2. The third kappa shape index (κ3) is 3.30. The van der Waals surface area contributed by atoms with Crippen molar-refractivity contribution in [3.05, 3.63) is 60.7 Å². The SMILES string of the molecule is COc1cc(N(c2ccc(N)cc2)c2ccc(N)cc2)c(OC)cc1N. The van der Waals surface area contributed by atoms with E-state index in [9.17, 15) is 0 Å². The minimum absolute atomic E-state index is 0.502. The number of hydrogen-bond acceptors (Lipinski definition) is 6. The van der Waals surface area contributed by atoms with E-state index in [1.165, 1.54) is 0 Å². The van der Waals surface area contributed by atoms with Gasteiger partial charge in [0.05, 0.1) is 25.6 Å². The zero-order valence-corrected chi connectivity index (χ0v) is 14.8. The average molecular weight is 350 g/mol. The number of rotatable bonds is 5. The number of anilines is 6. The molecule has 0 unspecified atom stereocenters. The van der Waals surface area contributed by atoms with E-state index in [2.05, 4.69) is 0 Å². The zero-order valence-electron chi connectivity index (χ0n) is 14.8. The minimum Gasteiger partial charge on any atom is -0.495 e. The molecule has 26 heavy (non-hydrogen) atoms. The largest absolute Gasteiger partial charge is 0.495 e. The summed E-state index contributed by atoms with van der Waals surface area (Å²) in [6, 6.07) is 18.7. The van der Waals surface area contributed by atoms with Crippen molar-refractivity contribution in [3.63, 3.8) is 0 Å². The molecule has 0 radical (unpaired) electrons. The summed E-state index contributed by atoms with van der Waals surface area (Å²) in [5, 5.41) is 0. The van der Waals surface area contributed by atoms with E-state index in [1.807, 2.05) is 59.5 Å². The first-order chi connectivity index (χ1) is 12.5. The molecule has 0 saturated carbocycles. The zero-order chi connectivity index (χ0) is 18.7. The molecule has 6 heteroatoms. The van der Waals surface area contributed by atoms with E-state index in [-0.39, 0.29) is 0 Å². The molecule has 6 nitrogen and oxygen atoms in total. The maximum Gasteiger partial charge on any atom is 0.145 e. The molecule has 3 aromatic rings. The van der Waals surface area contributed by atoms with Crippen LogP contribution in [-0.2, 0) is 0 Å². The Labute approximate surface area is 152 Å². The Morgan fingerprint density at radius 1 is 0.654 bits per heavy atom. The molecule has 0 aliphatic heterocycles. The molecule has 0 aliphatic rings. The molecule has 0 saturated heterocycles. The van der Waals surface area contributed by atoms with Gasteiger partial charge in [0.2, 0.25) is 0 Å². The van der Waals surface area contributed by atoms with Gasteiger partial charge in [-0.3, -0.25) is 0 Å². The first-order valence-corrected chi connectivity index (χ1v) is 8.06. The summed E-state index contributed by atoms with van der Waals surface area (Å²) >= 11 is 0. The summed E-state index contributed by atoms with van der Waals surface area (Å²) in [6.07, 6.45) is 0. The van der Waals surface area contributed by atoms with Crippen molar-refractivity contribution < 1.29 is 9.47 Å². The van der Waals surface area contributed by atoms with Crippen LogP contribution in [0, 0.1) is 0 Å². The lowest BCUT2D eigenvalue weighted by Gasteiger charge is -2.28. The normalized spacial score (nSPS) is 10.4. The lowest BCUT2D eigenvalue weighted by molar-refractivity contribution is 0.406. The van der Waals surface area contributed by atoms with Gasteiger partial charge in [-0.1, -0.05) is 0 Å². The van der Waals surface area contributed by atoms with E-state index in [1.54, 1.807) is 20.3 Å². The lowest BCUT2D eigenvalue weighted by Crippen LogP contribution is -2.12. The first kappa shape index (κ1) is 17.3. The van der Waals surface area contributed by atoms with Crippen LogP contribution in [0.1, 0.15) is 0 Å². The average Bonchev–Trinajstić information content (AvgIpc) is 2.65. The highest BCUT2D eigenvalue weighted by atomic mass is 16.5. The number of ether oxygens (including phenoxy) is 2.